The second-order valence-corrected chi connectivity index (χ2v) is 21.4. The van der Waals surface area contributed by atoms with Crippen molar-refractivity contribution in [2.45, 2.75) is 110 Å². The van der Waals surface area contributed by atoms with Gasteiger partial charge in [-0.15, -0.1) is 0 Å². The summed E-state index contributed by atoms with van der Waals surface area (Å²) in [6, 6.07) is 53.2. The first kappa shape index (κ1) is 53.8. The van der Waals surface area contributed by atoms with Gasteiger partial charge in [-0.2, -0.15) is 0 Å². The summed E-state index contributed by atoms with van der Waals surface area (Å²) in [6.07, 6.45) is 10.9. The number of Topliss-reactive ketones (excluding diaryl/α,β-unsaturated/α-hetero) is 1. The van der Waals surface area contributed by atoms with Gasteiger partial charge in [-0.1, -0.05) is 123 Å². The lowest BCUT2D eigenvalue weighted by molar-refractivity contribution is 0.0724. The highest BCUT2D eigenvalue weighted by Gasteiger charge is 2.38. The Bertz CT molecular complexity index is 3540. The Morgan fingerprint density at radius 1 is 0.354 bits per heavy atom. The van der Waals surface area contributed by atoms with Gasteiger partial charge in [0.05, 0.1) is 23.8 Å². The molecule has 2 aliphatic carbocycles. The average molecular weight is 1050 g/mol. The van der Waals surface area contributed by atoms with Crippen molar-refractivity contribution in [2.24, 2.45) is 0 Å². The number of methoxy groups -OCH3 is 1. The fraction of sp³-hybridized carbons (Fsp3) is 0.257. The molecule has 0 aliphatic heterocycles. The third kappa shape index (κ3) is 11.5. The maximum Gasteiger partial charge on any atom is 0.343 e. The largest absolute Gasteiger partial charge is 0.496 e. The molecule has 0 saturated heterocycles. The number of esters is 3. The van der Waals surface area contributed by atoms with Gasteiger partial charge in [0.25, 0.3) is 0 Å². The Balaban J connectivity index is 0.748. The summed E-state index contributed by atoms with van der Waals surface area (Å²) < 4.78 is 29.6. The minimum atomic E-state index is -0.486. The molecular weight excluding hydrogens is 985 g/mol. The topological polar surface area (TPSA) is 114 Å². The van der Waals surface area contributed by atoms with Crippen molar-refractivity contribution < 1.29 is 42.9 Å². The van der Waals surface area contributed by atoms with Crippen LogP contribution in [0.15, 0.2) is 170 Å². The number of ketones is 1. The van der Waals surface area contributed by atoms with E-state index in [1.807, 2.05) is 63.2 Å². The number of carbonyl (C=O) groups excluding carboxylic acids is 4. The second-order valence-electron chi connectivity index (χ2n) is 21.4. The smallest absolute Gasteiger partial charge is 0.343 e. The number of hydrogen-bond acceptors (Lipinski definition) is 9. The zero-order valence-corrected chi connectivity index (χ0v) is 45.9. The van der Waals surface area contributed by atoms with Crippen LogP contribution >= 0.6 is 0 Å². The summed E-state index contributed by atoms with van der Waals surface area (Å²) in [5, 5.41) is 0. The van der Waals surface area contributed by atoms with E-state index in [9.17, 15) is 19.2 Å². The predicted octanol–water partition coefficient (Wildman–Crippen LogP) is 16.7. The first-order valence-electron chi connectivity index (χ1n) is 27.5. The molecule has 8 aromatic carbocycles. The van der Waals surface area contributed by atoms with Crippen LogP contribution in [0.5, 0.6) is 34.5 Å². The summed E-state index contributed by atoms with van der Waals surface area (Å²) in [5.41, 5.74) is 12.0. The number of rotatable bonds is 15. The van der Waals surface area contributed by atoms with Crippen LogP contribution in [-0.2, 0) is 10.8 Å². The van der Waals surface area contributed by atoms with Crippen LogP contribution in [0.1, 0.15) is 157 Å². The van der Waals surface area contributed by atoms with Gasteiger partial charge in [0.2, 0.25) is 0 Å². The van der Waals surface area contributed by atoms with Crippen molar-refractivity contribution in [1.82, 2.24) is 0 Å². The monoisotopic (exact) mass is 1050 g/mol. The predicted molar refractivity (Wildman–Crippen MR) is 309 cm³/mol. The van der Waals surface area contributed by atoms with Gasteiger partial charge in [-0.05, 0) is 201 Å². The van der Waals surface area contributed by atoms with Gasteiger partial charge < -0.3 is 23.7 Å². The molecule has 10 rings (SSSR count). The summed E-state index contributed by atoms with van der Waals surface area (Å²) in [4.78, 5) is 52.0. The minimum absolute atomic E-state index is 0.0151. The number of carbonyl (C=O) groups is 4. The average Bonchev–Trinajstić information content (AvgIpc) is 3.51. The first-order valence-corrected chi connectivity index (χ1v) is 27.5. The Labute approximate surface area is 463 Å². The van der Waals surface area contributed by atoms with Crippen LogP contribution in [0.2, 0.25) is 0 Å². The van der Waals surface area contributed by atoms with Crippen molar-refractivity contribution in [3.63, 3.8) is 0 Å². The van der Waals surface area contributed by atoms with E-state index in [0.717, 1.165) is 108 Å². The van der Waals surface area contributed by atoms with Gasteiger partial charge in [0.15, 0.2) is 5.78 Å². The molecule has 0 heterocycles. The van der Waals surface area contributed by atoms with E-state index in [4.69, 9.17) is 23.7 Å². The first-order chi connectivity index (χ1) is 38.2. The molecule has 8 aromatic rings. The van der Waals surface area contributed by atoms with E-state index >= 15 is 0 Å². The standard InChI is InChI=1S/C70H66O9/c1-45-41-56(25-33-62(45)75-6)69(37-9-7-10-38-69)57-26-35-64(47(3)42-57)78-67(73)54-21-29-60(30-22-54)76-61-31-23-55(24-32-61)68(74)79-65-36-28-59(44-48(65)4)70(39-11-8-12-40-70)58-27-34-63(46(2)43-58)77-66(72)53-19-17-52(18-20-53)51-15-13-50(14-16-51)49(5)71/h13-36,41-44H,7-12,37-40H2,1-6H3. The second kappa shape index (κ2) is 23.2. The van der Waals surface area contributed by atoms with Crippen LogP contribution in [0.3, 0.4) is 0 Å². The van der Waals surface area contributed by atoms with Gasteiger partial charge in [0.1, 0.15) is 34.5 Å². The van der Waals surface area contributed by atoms with E-state index in [-0.39, 0.29) is 16.6 Å². The van der Waals surface area contributed by atoms with Crippen molar-refractivity contribution in [2.75, 3.05) is 7.11 Å². The van der Waals surface area contributed by atoms with Crippen LogP contribution in [0, 0.1) is 27.7 Å². The highest BCUT2D eigenvalue weighted by Crippen LogP contribution is 2.48. The van der Waals surface area contributed by atoms with Crippen molar-refractivity contribution in [3.05, 3.63) is 237 Å². The van der Waals surface area contributed by atoms with E-state index in [1.165, 1.54) is 17.5 Å². The molecule has 400 valence electrons. The Hall–Kier alpha value is -8.56. The van der Waals surface area contributed by atoms with Crippen LogP contribution in [0.25, 0.3) is 11.1 Å². The van der Waals surface area contributed by atoms with Gasteiger partial charge >= 0.3 is 17.9 Å². The molecule has 0 amide bonds. The van der Waals surface area contributed by atoms with Crippen molar-refractivity contribution in [3.8, 4) is 45.6 Å². The Morgan fingerprint density at radius 3 is 0.937 bits per heavy atom. The molecule has 79 heavy (non-hydrogen) atoms. The minimum Gasteiger partial charge on any atom is -0.496 e. The third-order valence-electron chi connectivity index (χ3n) is 16.3. The molecule has 2 fully saturated rings. The fourth-order valence-electron chi connectivity index (χ4n) is 11.8. The molecule has 0 unspecified atom stereocenters. The van der Waals surface area contributed by atoms with Gasteiger partial charge in [0, 0.05) is 16.4 Å². The highest BCUT2D eigenvalue weighted by molar-refractivity contribution is 5.95. The summed E-state index contributed by atoms with van der Waals surface area (Å²) in [6.45, 7) is 9.56. The quantitative estimate of drug-likeness (QED) is 0.0562. The molecule has 0 atom stereocenters. The molecule has 2 saturated carbocycles. The van der Waals surface area contributed by atoms with Crippen molar-refractivity contribution >= 4 is 23.7 Å². The zero-order valence-electron chi connectivity index (χ0n) is 45.9. The SMILES string of the molecule is COc1ccc(C2(c3ccc(OC(=O)c4ccc(Oc5ccc(C(=O)Oc6ccc(C7(c8ccc(OC(=O)c9ccc(-c%10ccc(C(C)=O)cc%10)cc9)c(C)c8)CCCCC7)cc6C)cc5)cc4)c(C)c3)CCCCC2)cc1C. The Kier molecular flexibility index (Phi) is 15.8. The molecule has 0 N–H and O–H groups in total. The van der Waals surface area contributed by atoms with E-state index in [1.54, 1.807) is 86.8 Å². The van der Waals surface area contributed by atoms with Gasteiger partial charge in [-0.25, -0.2) is 14.4 Å². The van der Waals surface area contributed by atoms with E-state index in [0.29, 0.717) is 51.0 Å². The maximum atomic E-state index is 13.5. The highest BCUT2D eigenvalue weighted by atomic mass is 16.5. The van der Waals surface area contributed by atoms with Gasteiger partial charge in [-0.3, -0.25) is 4.79 Å². The van der Waals surface area contributed by atoms with Crippen LogP contribution in [-0.4, -0.2) is 30.8 Å². The van der Waals surface area contributed by atoms with Crippen LogP contribution < -0.4 is 23.7 Å². The summed E-state index contributed by atoms with van der Waals surface area (Å²) >= 11 is 0. The lowest BCUT2D eigenvalue weighted by Crippen LogP contribution is -2.30. The Morgan fingerprint density at radius 2 is 0.646 bits per heavy atom. The van der Waals surface area contributed by atoms with Crippen LogP contribution in [0.4, 0.5) is 0 Å². The number of hydrogen-bond donors (Lipinski definition) is 0. The molecule has 0 aromatic heterocycles. The normalized spacial score (nSPS) is 14.6. The number of aryl methyl sites for hydroxylation is 4. The van der Waals surface area contributed by atoms with E-state index in [2.05, 4.69) is 61.5 Å². The van der Waals surface area contributed by atoms with E-state index < -0.39 is 17.9 Å². The maximum absolute atomic E-state index is 13.5. The molecule has 2 aliphatic rings. The van der Waals surface area contributed by atoms with Crippen molar-refractivity contribution in [1.29, 1.82) is 0 Å². The number of ether oxygens (including phenoxy) is 5. The molecule has 9 heteroatoms. The zero-order chi connectivity index (χ0) is 55.3. The molecular formula is C70H66O9. The summed E-state index contributed by atoms with van der Waals surface area (Å²) in [5.74, 6) is 2.08. The summed E-state index contributed by atoms with van der Waals surface area (Å²) in [7, 11) is 1.71. The third-order valence-corrected chi connectivity index (χ3v) is 16.3. The molecule has 9 nitrogen and oxygen atoms in total. The lowest BCUT2D eigenvalue weighted by Gasteiger charge is -2.39. The molecule has 0 bridgehead atoms. The number of benzene rings is 8. The fourth-order valence-corrected chi connectivity index (χ4v) is 11.8. The molecule has 0 spiro atoms. The lowest BCUT2D eigenvalue weighted by atomic mass is 9.65. The molecule has 0 radical (unpaired) electrons.